The first kappa shape index (κ1) is 19.5. The molecule has 1 atom stereocenters. The number of aliphatic hydroxyl groups excluding tert-OH is 1. The Labute approximate surface area is 161 Å². The predicted octanol–water partition coefficient (Wildman–Crippen LogP) is -2.46. The molecule has 0 amide bonds. The molecule has 1 unspecified atom stereocenters. The van der Waals surface area contributed by atoms with E-state index in [2.05, 4.69) is 5.32 Å². The Morgan fingerprint density at radius 1 is 1.42 bits per heavy atom. The maximum atomic E-state index is 11.1. The van der Waals surface area contributed by atoms with Crippen LogP contribution in [-0.4, -0.2) is 29.8 Å². The van der Waals surface area contributed by atoms with Crippen molar-refractivity contribution in [3.8, 4) is 0 Å². The molecule has 0 heterocycles. The molecule has 1 aromatic carbocycles. The second kappa shape index (κ2) is 8.74. The molecule has 0 saturated heterocycles. The summed E-state index contributed by atoms with van der Waals surface area (Å²) in [5, 5.41) is 23.8. The average molecular weight is 310 g/mol. The summed E-state index contributed by atoms with van der Waals surface area (Å²) in [6.07, 6.45) is 0. The summed E-state index contributed by atoms with van der Waals surface area (Å²) >= 11 is 5.76. The van der Waals surface area contributed by atoms with Gasteiger partial charge in [0, 0.05) is 23.0 Å². The van der Waals surface area contributed by atoms with Crippen LogP contribution in [0.5, 0.6) is 0 Å². The Kier molecular flexibility index (Phi) is 8.99. The Morgan fingerprint density at radius 2 is 1.95 bits per heavy atom. The molecule has 0 radical (unpaired) electrons. The zero-order valence-corrected chi connectivity index (χ0v) is 15.3. The third-order valence-electron chi connectivity index (χ3n) is 2.74. The van der Waals surface area contributed by atoms with Crippen molar-refractivity contribution in [2.45, 2.75) is 25.3 Å². The quantitative estimate of drug-likeness (QED) is 0.572. The normalized spacial score (nSPS) is 12.6. The third kappa shape index (κ3) is 6.68. The minimum Gasteiger partial charge on any atom is -0.549 e. The number of halogens is 1. The van der Waals surface area contributed by atoms with E-state index in [0.717, 1.165) is 0 Å². The van der Waals surface area contributed by atoms with Gasteiger partial charge in [-0.1, -0.05) is 23.7 Å². The number of hydrogen-bond acceptors (Lipinski definition) is 4. The van der Waals surface area contributed by atoms with Crippen molar-refractivity contribution in [2.75, 3.05) is 13.2 Å². The number of aliphatic carboxylic acids is 1. The van der Waals surface area contributed by atoms with E-state index in [9.17, 15) is 9.90 Å². The monoisotopic (exact) mass is 309 g/mol. The zero-order valence-electron chi connectivity index (χ0n) is 11.4. The van der Waals surface area contributed by atoms with E-state index in [-0.39, 0.29) is 64.5 Å². The number of carbonyl (C=O) groups is 1. The molecule has 2 N–H and O–H groups in total. The Balaban J connectivity index is 0.00000324. The van der Waals surface area contributed by atoms with Crippen LogP contribution in [0.4, 0.5) is 0 Å². The smallest absolute Gasteiger partial charge is 0.549 e. The van der Waals surface area contributed by atoms with Crippen LogP contribution in [0.15, 0.2) is 24.3 Å². The molecule has 4 nitrogen and oxygen atoms in total. The van der Waals surface area contributed by atoms with Gasteiger partial charge in [0.1, 0.15) is 0 Å². The van der Waals surface area contributed by atoms with E-state index in [1.807, 2.05) is 0 Å². The minimum absolute atomic E-state index is 0. The SMILES string of the molecule is CC(C)(CO)NCC(C(=O)[O-])c1ccc(Cl)cc1.[K+]. The van der Waals surface area contributed by atoms with Gasteiger partial charge in [-0.15, -0.1) is 0 Å². The molecule has 0 aliphatic carbocycles. The number of carboxylic acid groups (broad SMARTS) is 1. The second-order valence-corrected chi connectivity index (χ2v) is 5.28. The van der Waals surface area contributed by atoms with E-state index in [1.54, 1.807) is 38.1 Å². The average Bonchev–Trinajstić information content (AvgIpc) is 2.31. The van der Waals surface area contributed by atoms with E-state index in [4.69, 9.17) is 16.7 Å². The summed E-state index contributed by atoms with van der Waals surface area (Å²) in [6.45, 7) is 3.70. The van der Waals surface area contributed by atoms with Gasteiger partial charge >= 0.3 is 51.4 Å². The maximum Gasteiger partial charge on any atom is 1.00 e. The Hall–Kier alpha value is 0.536. The minimum atomic E-state index is -1.15. The van der Waals surface area contributed by atoms with Crippen molar-refractivity contribution in [3.05, 3.63) is 34.9 Å². The summed E-state index contributed by atoms with van der Waals surface area (Å²) in [7, 11) is 0. The molecule has 0 bridgehead atoms. The number of nitrogens with one attached hydrogen (secondary N) is 1. The van der Waals surface area contributed by atoms with Crippen LogP contribution in [-0.2, 0) is 4.79 Å². The van der Waals surface area contributed by atoms with Gasteiger partial charge in [-0.3, -0.25) is 0 Å². The molecule has 0 aliphatic rings. The van der Waals surface area contributed by atoms with Gasteiger partial charge in [0.25, 0.3) is 0 Å². The van der Waals surface area contributed by atoms with Crippen molar-refractivity contribution < 1.29 is 66.4 Å². The van der Waals surface area contributed by atoms with Crippen molar-refractivity contribution in [3.63, 3.8) is 0 Å². The topological polar surface area (TPSA) is 72.4 Å². The van der Waals surface area contributed by atoms with E-state index in [1.165, 1.54) is 0 Å². The third-order valence-corrected chi connectivity index (χ3v) is 2.99. The first-order chi connectivity index (χ1) is 8.35. The first-order valence-corrected chi connectivity index (χ1v) is 6.06. The molecule has 1 aromatic rings. The van der Waals surface area contributed by atoms with Crippen molar-refractivity contribution >= 4 is 17.6 Å². The zero-order chi connectivity index (χ0) is 13.8. The molecule has 0 saturated carbocycles. The van der Waals surface area contributed by atoms with Crippen LogP contribution < -0.4 is 61.8 Å². The van der Waals surface area contributed by atoms with Crippen LogP contribution in [0.25, 0.3) is 0 Å². The van der Waals surface area contributed by atoms with E-state index < -0.39 is 17.4 Å². The van der Waals surface area contributed by atoms with Gasteiger partial charge in [-0.05, 0) is 31.5 Å². The second-order valence-electron chi connectivity index (χ2n) is 4.85. The molecule has 0 spiro atoms. The molecule has 0 aromatic heterocycles. The summed E-state index contributed by atoms with van der Waals surface area (Å²) in [6, 6.07) is 6.61. The molecule has 6 heteroatoms. The van der Waals surface area contributed by atoms with Crippen LogP contribution >= 0.6 is 11.6 Å². The summed E-state index contributed by atoms with van der Waals surface area (Å²) in [5.74, 6) is -1.92. The van der Waals surface area contributed by atoms with E-state index >= 15 is 0 Å². The summed E-state index contributed by atoms with van der Waals surface area (Å²) < 4.78 is 0. The number of carbonyl (C=O) groups excluding carboxylic acids is 1. The van der Waals surface area contributed by atoms with Crippen molar-refractivity contribution in [2.24, 2.45) is 0 Å². The molecule has 19 heavy (non-hydrogen) atoms. The van der Waals surface area contributed by atoms with Crippen LogP contribution in [0.3, 0.4) is 0 Å². The Morgan fingerprint density at radius 3 is 2.37 bits per heavy atom. The number of benzene rings is 1. The van der Waals surface area contributed by atoms with Crippen molar-refractivity contribution in [1.82, 2.24) is 5.32 Å². The number of aliphatic hydroxyl groups is 1. The fraction of sp³-hybridized carbons (Fsp3) is 0.462. The number of hydrogen-bond donors (Lipinski definition) is 2. The molecule has 1 rings (SSSR count). The largest absolute Gasteiger partial charge is 1.00 e. The molecular formula is C13H17ClKNO3. The Bertz CT molecular complexity index is 409. The predicted molar refractivity (Wildman–Crippen MR) is 68.4 cm³/mol. The van der Waals surface area contributed by atoms with Crippen LogP contribution in [0.1, 0.15) is 25.3 Å². The van der Waals surface area contributed by atoms with E-state index in [0.29, 0.717) is 10.6 Å². The standard InChI is InChI=1S/C13H18ClNO3.K/c1-13(2,8-16)15-7-11(12(17)18)9-3-5-10(14)6-4-9;/h3-6,11,15-16H,7-8H2,1-2H3,(H,17,18);/q;+1/p-1. The van der Waals surface area contributed by atoms with Gasteiger partial charge in [0.2, 0.25) is 0 Å². The molecule has 100 valence electrons. The summed E-state index contributed by atoms with van der Waals surface area (Å²) in [4.78, 5) is 11.1. The fourth-order valence-corrected chi connectivity index (χ4v) is 1.59. The number of rotatable bonds is 6. The first-order valence-electron chi connectivity index (χ1n) is 5.68. The van der Waals surface area contributed by atoms with Gasteiger partial charge in [0.15, 0.2) is 0 Å². The van der Waals surface area contributed by atoms with Gasteiger partial charge in [0.05, 0.1) is 12.6 Å². The molecule has 0 fully saturated rings. The van der Waals surface area contributed by atoms with Gasteiger partial charge in [-0.2, -0.15) is 0 Å². The molecule has 0 aliphatic heterocycles. The van der Waals surface area contributed by atoms with Crippen molar-refractivity contribution in [1.29, 1.82) is 0 Å². The van der Waals surface area contributed by atoms with Gasteiger partial charge in [-0.25, -0.2) is 0 Å². The summed E-state index contributed by atoms with van der Waals surface area (Å²) in [5.41, 5.74) is 0.0979. The molecular weight excluding hydrogens is 293 g/mol. The van der Waals surface area contributed by atoms with Crippen LogP contribution in [0.2, 0.25) is 5.02 Å². The number of carboxylic acids is 1. The fourth-order valence-electron chi connectivity index (χ4n) is 1.47. The maximum absolute atomic E-state index is 11.1. The van der Waals surface area contributed by atoms with Gasteiger partial charge < -0.3 is 20.3 Å². The van der Waals surface area contributed by atoms with Crippen LogP contribution in [0, 0.1) is 0 Å².